The Kier molecular flexibility index (Phi) is 3.80. The number of rotatable bonds is 2. The average Bonchev–Trinajstić information content (AvgIpc) is 2.44. The average molecular weight is 288 g/mol. The number of hydrogen-bond acceptors (Lipinski definition) is 4. The summed E-state index contributed by atoms with van der Waals surface area (Å²) in [6, 6.07) is 6.21. The Morgan fingerprint density at radius 3 is 2.19 bits per heavy atom. The van der Waals surface area contributed by atoms with E-state index in [0.717, 1.165) is 4.57 Å². The van der Waals surface area contributed by atoms with Gasteiger partial charge in [-0.3, -0.25) is 9.59 Å². The summed E-state index contributed by atoms with van der Waals surface area (Å²) in [7, 11) is 1.62. The first kappa shape index (κ1) is 14.8. The molecule has 1 aromatic carbocycles. The van der Waals surface area contributed by atoms with Crippen molar-refractivity contribution in [3.63, 3.8) is 0 Å². The van der Waals surface area contributed by atoms with Crippen molar-refractivity contribution in [2.24, 2.45) is 7.05 Å². The second-order valence-corrected chi connectivity index (χ2v) is 4.78. The summed E-state index contributed by atoms with van der Waals surface area (Å²) in [5.41, 5.74) is 0.817. The summed E-state index contributed by atoms with van der Waals surface area (Å²) in [5.74, 6) is -0.0676. The maximum atomic E-state index is 12.3. The molecule has 2 aromatic rings. The molecule has 0 aliphatic carbocycles. The third kappa shape index (κ3) is 2.65. The minimum atomic E-state index is -0.429. The lowest BCUT2D eigenvalue weighted by Gasteiger charge is -2.12. The van der Waals surface area contributed by atoms with Gasteiger partial charge in [0.25, 0.3) is 5.56 Å². The van der Waals surface area contributed by atoms with Crippen LogP contribution in [0.2, 0.25) is 0 Å². The van der Waals surface area contributed by atoms with Crippen LogP contribution in [0.25, 0.3) is 5.69 Å². The van der Waals surface area contributed by atoms with E-state index in [0.29, 0.717) is 22.7 Å². The highest BCUT2D eigenvalue weighted by molar-refractivity contribution is 5.69. The molecule has 2 rings (SSSR count). The van der Waals surface area contributed by atoms with Gasteiger partial charge in [0.05, 0.1) is 5.69 Å². The summed E-state index contributed by atoms with van der Waals surface area (Å²) in [6.07, 6.45) is 0. The van der Waals surface area contributed by atoms with E-state index >= 15 is 0 Å². The largest absolute Gasteiger partial charge is 0.427 e. The van der Waals surface area contributed by atoms with Crippen LogP contribution < -0.4 is 16.0 Å². The zero-order valence-corrected chi connectivity index (χ0v) is 12.3. The Morgan fingerprint density at radius 1 is 1.10 bits per heavy atom. The van der Waals surface area contributed by atoms with E-state index in [1.54, 1.807) is 33.0 Å². The molecule has 1 aromatic heterocycles. The molecule has 6 heteroatoms. The van der Waals surface area contributed by atoms with Crippen molar-refractivity contribution in [2.45, 2.75) is 20.8 Å². The second-order valence-electron chi connectivity index (χ2n) is 4.78. The van der Waals surface area contributed by atoms with Gasteiger partial charge >= 0.3 is 11.7 Å². The zero-order valence-electron chi connectivity index (χ0n) is 12.3. The number of ether oxygens (including phenoxy) is 1. The van der Waals surface area contributed by atoms with Gasteiger partial charge in [-0.2, -0.15) is 0 Å². The van der Waals surface area contributed by atoms with Crippen LogP contribution in [0, 0.1) is 13.8 Å². The molecule has 0 aliphatic heterocycles. The summed E-state index contributed by atoms with van der Waals surface area (Å²) < 4.78 is 7.45. The standard InChI is InChI=1S/C15H16N2O4/c1-9-10(2)16(4)15(20)17(14(9)19)12-5-7-13(8-6-12)21-11(3)18/h5-8H,1-4H3. The number of esters is 1. The van der Waals surface area contributed by atoms with E-state index in [-0.39, 0.29) is 5.56 Å². The predicted molar refractivity (Wildman–Crippen MR) is 78.1 cm³/mol. The lowest BCUT2D eigenvalue weighted by atomic mass is 10.2. The van der Waals surface area contributed by atoms with Gasteiger partial charge < -0.3 is 9.30 Å². The maximum absolute atomic E-state index is 12.3. The Bertz CT molecular complexity index is 776. The number of hydrogen-bond donors (Lipinski definition) is 0. The van der Waals surface area contributed by atoms with Crippen LogP contribution in [-0.2, 0) is 11.8 Å². The number of carbonyl (C=O) groups is 1. The summed E-state index contributed by atoms with van der Waals surface area (Å²) >= 11 is 0. The fourth-order valence-electron chi connectivity index (χ4n) is 2.01. The van der Waals surface area contributed by atoms with E-state index < -0.39 is 11.7 Å². The Balaban J connectivity index is 2.60. The van der Waals surface area contributed by atoms with Gasteiger partial charge in [0.2, 0.25) is 0 Å². The highest BCUT2D eigenvalue weighted by Gasteiger charge is 2.12. The summed E-state index contributed by atoms with van der Waals surface area (Å²) in [4.78, 5) is 35.4. The van der Waals surface area contributed by atoms with Crippen molar-refractivity contribution in [3.8, 4) is 11.4 Å². The van der Waals surface area contributed by atoms with Crippen molar-refractivity contribution in [2.75, 3.05) is 0 Å². The van der Waals surface area contributed by atoms with Crippen LogP contribution in [0.15, 0.2) is 33.9 Å². The van der Waals surface area contributed by atoms with Gasteiger partial charge in [-0.25, -0.2) is 9.36 Å². The van der Waals surface area contributed by atoms with Crippen LogP contribution in [0.5, 0.6) is 5.75 Å². The normalized spacial score (nSPS) is 10.5. The first-order valence-corrected chi connectivity index (χ1v) is 6.41. The van der Waals surface area contributed by atoms with Crippen molar-refractivity contribution in [1.82, 2.24) is 9.13 Å². The zero-order chi connectivity index (χ0) is 15.7. The SMILES string of the molecule is CC(=O)Oc1ccc(-n2c(=O)c(C)c(C)n(C)c2=O)cc1. The molecule has 0 atom stereocenters. The third-order valence-electron chi connectivity index (χ3n) is 3.40. The molecule has 0 saturated carbocycles. The Morgan fingerprint density at radius 2 is 1.67 bits per heavy atom. The Hall–Kier alpha value is -2.63. The third-order valence-corrected chi connectivity index (χ3v) is 3.40. The second kappa shape index (κ2) is 5.40. The molecule has 0 amide bonds. The topological polar surface area (TPSA) is 70.3 Å². The Labute approximate surface area is 121 Å². The van der Waals surface area contributed by atoms with E-state index in [4.69, 9.17) is 4.74 Å². The molecule has 1 heterocycles. The molecule has 21 heavy (non-hydrogen) atoms. The van der Waals surface area contributed by atoms with Crippen molar-refractivity contribution < 1.29 is 9.53 Å². The number of nitrogens with zero attached hydrogens (tertiary/aromatic N) is 2. The van der Waals surface area contributed by atoms with E-state index in [2.05, 4.69) is 0 Å². The number of aromatic nitrogens is 2. The van der Waals surface area contributed by atoms with Gasteiger partial charge in [-0.05, 0) is 38.1 Å². The minimum absolute atomic E-state index is 0.351. The summed E-state index contributed by atoms with van der Waals surface area (Å²) in [5, 5.41) is 0. The van der Waals surface area contributed by atoms with Crippen LogP contribution in [0.1, 0.15) is 18.2 Å². The molecule has 6 nitrogen and oxygen atoms in total. The van der Waals surface area contributed by atoms with Crippen molar-refractivity contribution in [1.29, 1.82) is 0 Å². The molecule has 0 radical (unpaired) electrons. The lowest BCUT2D eigenvalue weighted by molar-refractivity contribution is -0.131. The van der Waals surface area contributed by atoms with E-state index in [1.165, 1.54) is 23.6 Å². The van der Waals surface area contributed by atoms with Crippen molar-refractivity contribution >= 4 is 5.97 Å². The minimum Gasteiger partial charge on any atom is -0.427 e. The van der Waals surface area contributed by atoms with Crippen LogP contribution >= 0.6 is 0 Å². The molecule has 0 bridgehead atoms. The molecule has 0 N–H and O–H groups in total. The first-order chi connectivity index (χ1) is 9.82. The van der Waals surface area contributed by atoms with Gasteiger partial charge in [-0.1, -0.05) is 0 Å². The van der Waals surface area contributed by atoms with Gasteiger partial charge in [-0.15, -0.1) is 0 Å². The molecular formula is C15H16N2O4. The highest BCUT2D eigenvalue weighted by Crippen LogP contribution is 2.14. The smallest absolute Gasteiger partial charge is 0.335 e. The quantitative estimate of drug-likeness (QED) is 0.612. The van der Waals surface area contributed by atoms with Crippen LogP contribution in [-0.4, -0.2) is 15.1 Å². The first-order valence-electron chi connectivity index (χ1n) is 6.41. The molecule has 0 spiro atoms. The molecular weight excluding hydrogens is 272 g/mol. The predicted octanol–water partition coefficient (Wildman–Crippen LogP) is 1.08. The molecule has 0 aliphatic rings. The van der Waals surface area contributed by atoms with Gasteiger partial charge in [0.15, 0.2) is 0 Å². The molecule has 0 saturated heterocycles. The fraction of sp³-hybridized carbons (Fsp3) is 0.267. The molecule has 0 unspecified atom stereocenters. The van der Waals surface area contributed by atoms with E-state index in [9.17, 15) is 14.4 Å². The molecule has 110 valence electrons. The lowest BCUT2D eigenvalue weighted by Crippen LogP contribution is -2.40. The number of carbonyl (C=O) groups excluding carboxylic acids is 1. The van der Waals surface area contributed by atoms with Gasteiger partial charge in [0.1, 0.15) is 5.75 Å². The fourth-order valence-corrected chi connectivity index (χ4v) is 2.01. The van der Waals surface area contributed by atoms with Crippen LogP contribution in [0.3, 0.4) is 0 Å². The number of benzene rings is 1. The summed E-state index contributed by atoms with van der Waals surface area (Å²) in [6.45, 7) is 4.71. The van der Waals surface area contributed by atoms with Gasteiger partial charge in [0, 0.05) is 25.2 Å². The van der Waals surface area contributed by atoms with E-state index in [1.807, 2.05) is 0 Å². The van der Waals surface area contributed by atoms with Crippen molar-refractivity contribution in [3.05, 3.63) is 56.4 Å². The van der Waals surface area contributed by atoms with Crippen LogP contribution in [0.4, 0.5) is 0 Å². The highest BCUT2D eigenvalue weighted by atomic mass is 16.5. The maximum Gasteiger partial charge on any atom is 0.335 e. The molecule has 0 fully saturated rings. The monoisotopic (exact) mass is 288 g/mol.